The fourth-order valence-electron chi connectivity index (χ4n) is 3.04. The van der Waals surface area contributed by atoms with Gasteiger partial charge in [0.2, 0.25) is 5.88 Å². The third kappa shape index (κ3) is 3.20. The maximum absolute atomic E-state index is 13.5. The summed E-state index contributed by atoms with van der Waals surface area (Å²) in [5, 5.41) is 6.68. The summed E-state index contributed by atoms with van der Waals surface area (Å²) in [6.07, 6.45) is 6.70. The van der Waals surface area contributed by atoms with Crippen molar-refractivity contribution >= 4 is 0 Å². The summed E-state index contributed by atoms with van der Waals surface area (Å²) in [7, 11) is 1.52. The fraction of sp³-hybridized carbons (Fsp3) is 0.150. The first-order valence-electron chi connectivity index (χ1n) is 8.64. The molecule has 3 aromatic heterocycles. The Morgan fingerprint density at radius 3 is 2.82 bits per heavy atom. The molecule has 0 amide bonds. The minimum Gasteiger partial charge on any atom is -0.480 e. The zero-order chi connectivity index (χ0) is 19.7. The summed E-state index contributed by atoms with van der Waals surface area (Å²) in [4.78, 5) is 17.3. The molecule has 142 valence electrons. The van der Waals surface area contributed by atoms with Crippen molar-refractivity contribution in [2.75, 3.05) is 7.11 Å². The number of methoxy groups -OCH3 is 1. The zero-order valence-corrected chi connectivity index (χ0v) is 15.4. The van der Waals surface area contributed by atoms with Crippen molar-refractivity contribution in [2.45, 2.75) is 13.5 Å². The van der Waals surface area contributed by atoms with Gasteiger partial charge in [-0.05, 0) is 42.3 Å². The van der Waals surface area contributed by atoms with E-state index in [2.05, 4.69) is 15.2 Å². The third-order valence-electron chi connectivity index (χ3n) is 4.59. The van der Waals surface area contributed by atoms with Crippen LogP contribution in [-0.2, 0) is 6.54 Å². The van der Waals surface area contributed by atoms with Crippen molar-refractivity contribution in [1.29, 1.82) is 0 Å². The highest BCUT2D eigenvalue weighted by Gasteiger charge is 2.13. The lowest BCUT2D eigenvalue weighted by Crippen LogP contribution is -2.24. The van der Waals surface area contributed by atoms with Crippen LogP contribution in [0.25, 0.3) is 16.9 Å². The average Bonchev–Trinajstić information content (AvgIpc) is 3.35. The van der Waals surface area contributed by atoms with Gasteiger partial charge in [0.25, 0.3) is 0 Å². The van der Waals surface area contributed by atoms with Crippen LogP contribution in [0.3, 0.4) is 0 Å². The quantitative estimate of drug-likeness (QED) is 0.578. The molecule has 8 heteroatoms. The van der Waals surface area contributed by atoms with Crippen molar-refractivity contribution in [1.82, 2.24) is 24.3 Å². The number of halogens is 1. The number of hydrogen-bond donors (Lipinski definition) is 1. The minimum absolute atomic E-state index is 0.269. The van der Waals surface area contributed by atoms with E-state index >= 15 is 0 Å². The predicted octanol–water partition coefficient (Wildman–Crippen LogP) is 2.93. The number of nitrogens with one attached hydrogen (secondary N) is 1. The van der Waals surface area contributed by atoms with Gasteiger partial charge in [0.05, 0.1) is 19.9 Å². The summed E-state index contributed by atoms with van der Waals surface area (Å²) in [6, 6.07) is 8.12. The fourth-order valence-corrected chi connectivity index (χ4v) is 3.04. The molecule has 0 aliphatic heterocycles. The highest BCUT2D eigenvalue weighted by Crippen LogP contribution is 2.28. The van der Waals surface area contributed by atoms with Crippen molar-refractivity contribution in [3.8, 4) is 22.8 Å². The topological polar surface area (TPSA) is 77.7 Å². The van der Waals surface area contributed by atoms with Gasteiger partial charge in [-0.2, -0.15) is 10.1 Å². The highest BCUT2D eigenvalue weighted by atomic mass is 19.1. The third-order valence-corrected chi connectivity index (χ3v) is 4.59. The SMILES string of the molecule is COc1nc(-n2ccn(Cc3cc(F)ccc3C)c2=O)ccc1-c1cn[nH]c1. The van der Waals surface area contributed by atoms with Gasteiger partial charge in [-0.25, -0.2) is 9.18 Å². The van der Waals surface area contributed by atoms with Crippen LogP contribution in [0, 0.1) is 12.7 Å². The Bertz CT molecular complexity index is 1180. The Morgan fingerprint density at radius 2 is 2.07 bits per heavy atom. The second-order valence-corrected chi connectivity index (χ2v) is 6.36. The van der Waals surface area contributed by atoms with E-state index in [1.54, 1.807) is 36.9 Å². The van der Waals surface area contributed by atoms with Gasteiger partial charge in [-0.3, -0.25) is 14.2 Å². The molecule has 28 heavy (non-hydrogen) atoms. The largest absolute Gasteiger partial charge is 0.480 e. The van der Waals surface area contributed by atoms with Crippen molar-refractivity contribution in [3.05, 3.63) is 82.5 Å². The molecule has 0 aliphatic carbocycles. The molecule has 0 radical (unpaired) electrons. The summed E-state index contributed by atoms with van der Waals surface area (Å²) >= 11 is 0. The van der Waals surface area contributed by atoms with E-state index in [4.69, 9.17) is 4.74 Å². The van der Waals surface area contributed by atoms with Crippen molar-refractivity contribution in [3.63, 3.8) is 0 Å². The number of H-pyrrole nitrogens is 1. The highest BCUT2D eigenvalue weighted by molar-refractivity contribution is 5.67. The molecule has 0 spiro atoms. The van der Waals surface area contributed by atoms with Crippen LogP contribution in [-0.4, -0.2) is 31.4 Å². The second-order valence-electron chi connectivity index (χ2n) is 6.36. The number of aryl methyl sites for hydroxylation is 1. The van der Waals surface area contributed by atoms with E-state index in [-0.39, 0.29) is 18.1 Å². The number of imidazole rings is 1. The van der Waals surface area contributed by atoms with Crippen LogP contribution < -0.4 is 10.4 Å². The second kappa shape index (κ2) is 7.15. The van der Waals surface area contributed by atoms with Crippen molar-refractivity contribution in [2.24, 2.45) is 0 Å². The van der Waals surface area contributed by atoms with Crippen molar-refractivity contribution < 1.29 is 9.13 Å². The molecule has 4 aromatic rings. The van der Waals surface area contributed by atoms with Crippen LogP contribution in [0.15, 0.2) is 59.9 Å². The standard InChI is InChI=1S/C20H18FN5O2/c1-13-3-4-16(21)9-14(13)12-25-7-8-26(20(25)27)18-6-5-17(19(24-18)28-2)15-10-22-23-11-15/h3-11H,12H2,1-2H3,(H,22,23). The van der Waals surface area contributed by atoms with Crippen LogP contribution >= 0.6 is 0 Å². The van der Waals surface area contributed by atoms with Gasteiger partial charge in [-0.15, -0.1) is 0 Å². The molecule has 0 aliphatic rings. The minimum atomic E-state index is -0.325. The number of rotatable bonds is 5. The Balaban J connectivity index is 1.69. The van der Waals surface area contributed by atoms with Crippen LogP contribution in [0.2, 0.25) is 0 Å². The Hall–Kier alpha value is -3.68. The molecule has 0 bridgehead atoms. The maximum Gasteiger partial charge on any atom is 0.334 e. The number of aromatic amines is 1. The molecule has 7 nitrogen and oxygen atoms in total. The summed E-state index contributed by atoms with van der Waals surface area (Å²) < 4.78 is 21.9. The van der Waals surface area contributed by atoms with E-state index in [9.17, 15) is 9.18 Å². The number of benzene rings is 1. The molecule has 3 heterocycles. The molecule has 0 saturated heterocycles. The van der Waals surface area contributed by atoms with Crippen LogP contribution in [0.5, 0.6) is 5.88 Å². The van der Waals surface area contributed by atoms with Crippen LogP contribution in [0.1, 0.15) is 11.1 Å². The van der Waals surface area contributed by atoms with Gasteiger partial charge in [-0.1, -0.05) is 6.07 Å². The smallest absolute Gasteiger partial charge is 0.334 e. The van der Waals surface area contributed by atoms with E-state index < -0.39 is 0 Å². The monoisotopic (exact) mass is 379 g/mol. The maximum atomic E-state index is 13.5. The van der Waals surface area contributed by atoms with Gasteiger partial charge < -0.3 is 4.74 Å². The molecule has 0 atom stereocenters. The van der Waals surface area contributed by atoms with E-state index in [1.807, 2.05) is 13.0 Å². The Morgan fingerprint density at radius 1 is 1.21 bits per heavy atom. The molecule has 4 rings (SSSR count). The predicted molar refractivity (Wildman–Crippen MR) is 102 cm³/mol. The molecule has 1 aromatic carbocycles. The molecular weight excluding hydrogens is 361 g/mol. The zero-order valence-electron chi connectivity index (χ0n) is 15.4. The van der Waals surface area contributed by atoms with Gasteiger partial charge >= 0.3 is 5.69 Å². The van der Waals surface area contributed by atoms with E-state index in [0.29, 0.717) is 11.7 Å². The normalized spacial score (nSPS) is 11.0. The number of hydrogen-bond acceptors (Lipinski definition) is 4. The number of ether oxygens (including phenoxy) is 1. The number of aromatic nitrogens is 5. The van der Waals surface area contributed by atoms with Gasteiger partial charge in [0, 0.05) is 29.7 Å². The molecule has 0 saturated carbocycles. The molecule has 1 N–H and O–H groups in total. The molecule has 0 fully saturated rings. The Labute approximate surface area is 160 Å². The Kier molecular flexibility index (Phi) is 4.52. The van der Waals surface area contributed by atoms with Gasteiger partial charge in [0.15, 0.2) is 0 Å². The summed E-state index contributed by atoms with van der Waals surface area (Å²) in [5.74, 6) is 0.498. The molecular formula is C20H18FN5O2. The van der Waals surface area contributed by atoms with Gasteiger partial charge in [0.1, 0.15) is 11.6 Å². The lowest BCUT2D eigenvalue weighted by molar-refractivity contribution is 0.399. The first-order chi connectivity index (χ1) is 13.6. The average molecular weight is 379 g/mol. The first kappa shape index (κ1) is 17.7. The molecule has 0 unspecified atom stereocenters. The lowest BCUT2D eigenvalue weighted by atomic mass is 10.1. The van der Waals surface area contributed by atoms with Crippen LogP contribution in [0.4, 0.5) is 4.39 Å². The lowest BCUT2D eigenvalue weighted by Gasteiger charge is -2.09. The number of nitrogens with zero attached hydrogens (tertiary/aromatic N) is 4. The first-order valence-corrected chi connectivity index (χ1v) is 8.64. The van der Waals surface area contributed by atoms with E-state index in [1.165, 1.54) is 28.4 Å². The van der Waals surface area contributed by atoms with E-state index in [0.717, 1.165) is 22.3 Å². The summed E-state index contributed by atoms with van der Waals surface area (Å²) in [6.45, 7) is 2.16. The summed E-state index contributed by atoms with van der Waals surface area (Å²) in [5.41, 5.74) is 3.01. The number of pyridine rings is 1.